The van der Waals surface area contributed by atoms with Crippen LogP contribution in [0.25, 0.3) is 0 Å². The van der Waals surface area contributed by atoms with Crippen LogP contribution in [0.1, 0.15) is 19.3 Å². The molecule has 2 heterocycles. The van der Waals surface area contributed by atoms with Gasteiger partial charge in [0.2, 0.25) is 0 Å². The average Bonchev–Trinajstić information content (AvgIpc) is 2.60. The highest BCUT2D eigenvalue weighted by Crippen LogP contribution is 2.38. The van der Waals surface area contributed by atoms with Crippen LogP contribution in [-0.2, 0) is 9.53 Å². The van der Waals surface area contributed by atoms with Gasteiger partial charge in [-0.3, -0.25) is 10.1 Å². The van der Waals surface area contributed by atoms with E-state index in [1.807, 2.05) is 0 Å². The average molecular weight is 171 g/mol. The van der Waals surface area contributed by atoms with Crippen molar-refractivity contribution in [3.8, 4) is 0 Å². The van der Waals surface area contributed by atoms with E-state index in [-0.39, 0.29) is 18.1 Å². The molecule has 68 valence electrons. The van der Waals surface area contributed by atoms with Crippen LogP contribution in [-0.4, -0.2) is 35.9 Å². The van der Waals surface area contributed by atoms with Gasteiger partial charge >= 0.3 is 5.97 Å². The third kappa shape index (κ3) is 0.881. The summed E-state index contributed by atoms with van der Waals surface area (Å²) in [6.07, 6.45) is 1.79. The summed E-state index contributed by atoms with van der Waals surface area (Å²) in [6, 6.07) is 0.101. The molecule has 3 atom stereocenters. The molecule has 2 saturated heterocycles. The van der Waals surface area contributed by atoms with Crippen LogP contribution in [0.5, 0.6) is 0 Å². The van der Waals surface area contributed by atoms with E-state index in [4.69, 9.17) is 4.74 Å². The number of aliphatic hydroxyl groups excluding tert-OH is 1. The van der Waals surface area contributed by atoms with Crippen molar-refractivity contribution < 1.29 is 14.6 Å². The van der Waals surface area contributed by atoms with E-state index in [2.05, 4.69) is 5.32 Å². The molecule has 0 amide bonds. The van der Waals surface area contributed by atoms with E-state index < -0.39 is 5.54 Å². The predicted octanol–water partition coefficient (Wildman–Crippen LogP) is -0.585. The van der Waals surface area contributed by atoms with Gasteiger partial charge in [-0.15, -0.1) is 0 Å². The Morgan fingerprint density at radius 3 is 2.92 bits per heavy atom. The maximum atomic E-state index is 11.3. The van der Waals surface area contributed by atoms with Crippen molar-refractivity contribution in [2.24, 2.45) is 0 Å². The van der Waals surface area contributed by atoms with Crippen molar-refractivity contribution in [1.82, 2.24) is 5.32 Å². The second-order valence-electron chi connectivity index (χ2n) is 3.63. The number of methoxy groups -OCH3 is 1. The van der Waals surface area contributed by atoms with Crippen LogP contribution in [0, 0.1) is 0 Å². The lowest BCUT2D eigenvalue weighted by atomic mass is 9.86. The third-order valence-corrected chi connectivity index (χ3v) is 2.94. The van der Waals surface area contributed by atoms with Crippen LogP contribution in [0.4, 0.5) is 0 Å². The molecule has 4 nitrogen and oxygen atoms in total. The molecule has 12 heavy (non-hydrogen) atoms. The minimum atomic E-state index is -0.571. The number of hydrogen-bond acceptors (Lipinski definition) is 4. The van der Waals surface area contributed by atoms with Gasteiger partial charge in [0, 0.05) is 12.5 Å². The van der Waals surface area contributed by atoms with Crippen LogP contribution in [0.3, 0.4) is 0 Å². The summed E-state index contributed by atoms with van der Waals surface area (Å²) < 4.78 is 4.69. The highest BCUT2D eigenvalue weighted by atomic mass is 16.5. The number of nitrogens with one attached hydrogen (secondary N) is 1. The third-order valence-electron chi connectivity index (χ3n) is 2.94. The number of aliphatic hydroxyl groups is 1. The molecule has 2 bridgehead atoms. The predicted molar refractivity (Wildman–Crippen MR) is 41.5 cm³/mol. The van der Waals surface area contributed by atoms with Crippen molar-refractivity contribution in [2.75, 3.05) is 7.11 Å². The Kier molecular flexibility index (Phi) is 1.63. The molecule has 4 heteroatoms. The zero-order valence-electron chi connectivity index (χ0n) is 7.04. The lowest BCUT2D eigenvalue weighted by Crippen LogP contribution is -2.45. The van der Waals surface area contributed by atoms with E-state index in [9.17, 15) is 9.90 Å². The molecule has 0 spiro atoms. The molecule has 2 rings (SSSR count). The number of carbonyl (C=O) groups is 1. The van der Waals surface area contributed by atoms with Gasteiger partial charge in [0.05, 0.1) is 13.2 Å². The van der Waals surface area contributed by atoms with Gasteiger partial charge in [0.15, 0.2) is 0 Å². The highest BCUT2D eigenvalue weighted by Gasteiger charge is 2.55. The quantitative estimate of drug-likeness (QED) is 0.518. The number of carbonyl (C=O) groups excluding carboxylic acids is 1. The van der Waals surface area contributed by atoms with E-state index >= 15 is 0 Å². The first-order valence-corrected chi connectivity index (χ1v) is 4.22. The van der Waals surface area contributed by atoms with Crippen LogP contribution in [0.15, 0.2) is 0 Å². The Bertz CT molecular complexity index is 214. The summed E-state index contributed by atoms with van der Waals surface area (Å²) in [4.78, 5) is 11.3. The number of ether oxygens (including phenoxy) is 1. The second-order valence-corrected chi connectivity index (χ2v) is 3.63. The molecule has 0 aromatic heterocycles. The number of esters is 1. The van der Waals surface area contributed by atoms with Crippen molar-refractivity contribution in [3.63, 3.8) is 0 Å². The lowest BCUT2D eigenvalue weighted by Gasteiger charge is -2.23. The standard InChI is InChI=1S/C8H13NO3/c1-12-7(11)8-3-2-5(9-8)6(10)4-8/h5-6,9-10H,2-4H2,1H3/t5-,6-,8+/m1/s1. The van der Waals surface area contributed by atoms with Gasteiger partial charge in [-0.2, -0.15) is 0 Å². The highest BCUT2D eigenvalue weighted by molar-refractivity contribution is 5.82. The monoisotopic (exact) mass is 171 g/mol. The Balaban J connectivity index is 2.18. The fourth-order valence-electron chi connectivity index (χ4n) is 2.29. The van der Waals surface area contributed by atoms with Gasteiger partial charge in [-0.1, -0.05) is 0 Å². The molecule has 2 N–H and O–H groups in total. The number of fused-ring (bicyclic) bond motifs is 2. The molecule has 2 aliphatic heterocycles. The minimum Gasteiger partial charge on any atom is -0.468 e. The molecule has 2 aliphatic rings. The van der Waals surface area contributed by atoms with Crippen molar-refractivity contribution in [3.05, 3.63) is 0 Å². The summed E-state index contributed by atoms with van der Waals surface area (Å²) in [5.74, 6) is -0.235. The Morgan fingerprint density at radius 2 is 2.50 bits per heavy atom. The van der Waals surface area contributed by atoms with E-state index in [1.165, 1.54) is 7.11 Å². The van der Waals surface area contributed by atoms with E-state index in [0.29, 0.717) is 6.42 Å². The van der Waals surface area contributed by atoms with Crippen LogP contribution >= 0.6 is 0 Å². The zero-order chi connectivity index (χ0) is 8.77. The Labute approximate surface area is 70.9 Å². The molecule has 0 aromatic rings. The van der Waals surface area contributed by atoms with Gasteiger partial charge in [-0.05, 0) is 12.8 Å². The molecular formula is C8H13NO3. The van der Waals surface area contributed by atoms with Gasteiger partial charge < -0.3 is 9.84 Å². The maximum absolute atomic E-state index is 11.3. The molecule has 0 saturated carbocycles. The summed E-state index contributed by atoms with van der Waals surface area (Å²) in [7, 11) is 1.39. The summed E-state index contributed by atoms with van der Waals surface area (Å²) in [5, 5.41) is 12.6. The van der Waals surface area contributed by atoms with Crippen molar-refractivity contribution >= 4 is 5.97 Å². The van der Waals surface area contributed by atoms with Gasteiger partial charge in [0.25, 0.3) is 0 Å². The topological polar surface area (TPSA) is 58.6 Å². The Hall–Kier alpha value is -0.610. The zero-order valence-corrected chi connectivity index (χ0v) is 7.04. The van der Waals surface area contributed by atoms with Crippen LogP contribution in [0.2, 0.25) is 0 Å². The lowest BCUT2D eigenvalue weighted by molar-refractivity contribution is -0.148. The molecule has 0 unspecified atom stereocenters. The van der Waals surface area contributed by atoms with Crippen LogP contribution < -0.4 is 5.32 Å². The van der Waals surface area contributed by atoms with Crippen molar-refractivity contribution in [1.29, 1.82) is 0 Å². The minimum absolute atomic E-state index is 0.101. The maximum Gasteiger partial charge on any atom is 0.326 e. The fraction of sp³-hybridized carbons (Fsp3) is 0.875. The SMILES string of the molecule is COC(=O)[C@@]12CC[C@@H](N1)[C@H](O)C2. The smallest absolute Gasteiger partial charge is 0.326 e. The second kappa shape index (κ2) is 2.44. The fourth-order valence-corrected chi connectivity index (χ4v) is 2.29. The van der Waals surface area contributed by atoms with E-state index in [0.717, 1.165) is 12.8 Å². The van der Waals surface area contributed by atoms with E-state index in [1.54, 1.807) is 0 Å². The molecule has 0 radical (unpaired) electrons. The molecule has 0 aromatic carbocycles. The number of rotatable bonds is 1. The first-order chi connectivity index (χ1) is 5.68. The molecular weight excluding hydrogens is 158 g/mol. The Morgan fingerprint density at radius 1 is 1.75 bits per heavy atom. The first kappa shape index (κ1) is 8.01. The normalized spacial score (nSPS) is 44.8. The number of hydrogen-bond donors (Lipinski definition) is 2. The summed E-state index contributed by atoms with van der Waals surface area (Å²) in [6.45, 7) is 0. The molecule has 2 fully saturated rings. The van der Waals surface area contributed by atoms with Gasteiger partial charge in [-0.25, -0.2) is 0 Å². The first-order valence-electron chi connectivity index (χ1n) is 4.22. The molecule has 0 aliphatic carbocycles. The van der Waals surface area contributed by atoms with Crippen molar-refractivity contribution in [2.45, 2.75) is 36.9 Å². The summed E-state index contributed by atoms with van der Waals surface area (Å²) >= 11 is 0. The van der Waals surface area contributed by atoms with Gasteiger partial charge in [0.1, 0.15) is 5.54 Å². The summed E-state index contributed by atoms with van der Waals surface area (Å²) in [5.41, 5.74) is -0.571. The largest absolute Gasteiger partial charge is 0.468 e.